The van der Waals surface area contributed by atoms with Crippen LogP contribution in [0.5, 0.6) is 0 Å². The highest BCUT2D eigenvalue weighted by Crippen LogP contribution is 2.25. The smallest absolute Gasteiger partial charge is 0.337 e. The largest absolute Gasteiger partial charge is 0.465 e. The topological polar surface area (TPSA) is 107 Å². The normalized spacial score (nSPS) is 18.2. The lowest BCUT2D eigenvalue weighted by Crippen LogP contribution is -2.36. The van der Waals surface area contributed by atoms with Gasteiger partial charge in [0.05, 0.1) is 42.9 Å². The van der Waals surface area contributed by atoms with Crippen molar-refractivity contribution < 1.29 is 19.1 Å². The van der Waals surface area contributed by atoms with Crippen LogP contribution in [0.1, 0.15) is 34.6 Å². The quantitative estimate of drug-likeness (QED) is 0.579. The van der Waals surface area contributed by atoms with E-state index in [0.29, 0.717) is 42.7 Å². The van der Waals surface area contributed by atoms with Gasteiger partial charge in [-0.25, -0.2) is 9.78 Å². The number of aromatic amines is 1. The number of carbonyl (C=O) groups is 2. The molecule has 170 valence electrons. The van der Waals surface area contributed by atoms with E-state index in [1.165, 1.54) is 13.2 Å². The van der Waals surface area contributed by atoms with Gasteiger partial charge in [0.1, 0.15) is 5.82 Å². The average Bonchev–Trinajstić information content (AvgIpc) is 3.13. The molecule has 2 aliphatic rings. The second-order valence-corrected chi connectivity index (χ2v) is 8.21. The highest BCUT2D eigenvalue weighted by molar-refractivity contribution is 5.97. The Morgan fingerprint density at radius 3 is 2.85 bits per heavy atom. The summed E-state index contributed by atoms with van der Waals surface area (Å²) in [4.78, 5) is 46.1. The van der Waals surface area contributed by atoms with E-state index >= 15 is 0 Å². The third kappa shape index (κ3) is 4.07. The van der Waals surface area contributed by atoms with Gasteiger partial charge in [0.2, 0.25) is 5.91 Å². The molecule has 1 amide bonds. The molecule has 9 heteroatoms. The number of pyridine rings is 1. The molecule has 2 aromatic heterocycles. The average molecular weight is 448 g/mol. The number of amides is 1. The first-order valence-corrected chi connectivity index (χ1v) is 10.9. The molecule has 1 fully saturated rings. The molecule has 1 atom stereocenters. The number of methoxy groups -OCH3 is 1. The standard InChI is InChI=1S/C24H24N4O5/c1-32-24(31)16-4-5-20-19(11-16)26-21(28(20)13-17-7-10-33-17)14-27-9-6-15(12-22(27)29)18-3-2-8-25-23(18)30/h2-5,8,11-12,17H,6-7,9-10,13-14H2,1H3,(H,25,30)/t17-/m0/s1. The van der Waals surface area contributed by atoms with Crippen molar-refractivity contribution in [2.75, 3.05) is 20.3 Å². The summed E-state index contributed by atoms with van der Waals surface area (Å²) >= 11 is 0. The fraction of sp³-hybridized carbons (Fsp3) is 0.333. The van der Waals surface area contributed by atoms with Crippen LogP contribution in [0.3, 0.4) is 0 Å². The zero-order valence-electron chi connectivity index (χ0n) is 18.2. The lowest BCUT2D eigenvalue weighted by molar-refractivity contribution is -0.127. The van der Waals surface area contributed by atoms with Crippen molar-refractivity contribution in [2.45, 2.75) is 32.0 Å². The molecule has 2 aliphatic heterocycles. The Morgan fingerprint density at radius 1 is 1.30 bits per heavy atom. The van der Waals surface area contributed by atoms with Crippen molar-refractivity contribution in [3.63, 3.8) is 0 Å². The summed E-state index contributed by atoms with van der Waals surface area (Å²) in [6.45, 7) is 2.18. The first-order chi connectivity index (χ1) is 16.0. The van der Waals surface area contributed by atoms with Gasteiger partial charge >= 0.3 is 5.97 Å². The van der Waals surface area contributed by atoms with Gasteiger partial charge in [0, 0.05) is 31.0 Å². The number of benzene rings is 1. The van der Waals surface area contributed by atoms with E-state index in [0.717, 1.165) is 29.9 Å². The zero-order valence-corrected chi connectivity index (χ0v) is 18.2. The van der Waals surface area contributed by atoms with E-state index in [-0.39, 0.29) is 17.6 Å². The van der Waals surface area contributed by atoms with Crippen LogP contribution in [0.25, 0.3) is 16.6 Å². The molecule has 0 saturated carbocycles. The van der Waals surface area contributed by atoms with Gasteiger partial charge in [-0.1, -0.05) is 0 Å². The molecule has 0 bridgehead atoms. The maximum atomic E-state index is 12.9. The van der Waals surface area contributed by atoms with E-state index in [2.05, 4.69) is 9.55 Å². The summed E-state index contributed by atoms with van der Waals surface area (Å²) < 4.78 is 12.5. The van der Waals surface area contributed by atoms with E-state index in [4.69, 9.17) is 14.5 Å². The number of esters is 1. The van der Waals surface area contributed by atoms with Crippen LogP contribution < -0.4 is 5.56 Å². The number of hydrogen-bond acceptors (Lipinski definition) is 6. The molecule has 1 saturated heterocycles. The summed E-state index contributed by atoms with van der Waals surface area (Å²) in [6, 6.07) is 8.76. The molecule has 0 aliphatic carbocycles. The van der Waals surface area contributed by atoms with Crippen molar-refractivity contribution in [3.05, 3.63) is 69.9 Å². The van der Waals surface area contributed by atoms with Gasteiger partial charge in [-0.2, -0.15) is 0 Å². The Balaban J connectivity index is 1.44. The van der Waals surface area contributed by atoms with Gasteiger partial charge in [-0.05, 0) is 48.7 Å². The molecule has 5 rings (SSSR count). The predicted molar refractivity (Wildman–Crippen MR) is 121 cm³/mol. The molecule has 4 heterocycles. The Kier molecular flexibility index (Phi) is 5.55. The Bertz CT molecular complexity index is 1320. The number of ether oxygens (including phenoxy) is 2. The number of hydrogen-bond donors (Lipinski definition) is 1. The number of H-pyrrole nitrogens is 1. The van der Waals surface area contributed by atoms with E-state index < -0.39 is 5.97 Å². The monoisotopic (exact) mass is 448 g/mol. The maximum absolute atomic E-state index is 12.9. The molecule has 9 nitrogen and oxygen atoms in total. The van der Waals surface area contributed by atoms with Crippen LogP contribution in [0.15, 0.2) is 47.4 Å². The van der Waals surface area contributed by atoms with Crippen LogP contribution in [0.4, 0.5) is 0 Å². The van der Waals surface area contributed by atoms with Gasteiger partial charge in [-0.15, -0.1) is 0 Å². The summed E-state index contributed by atoms with van der Waals surface area (Å²) in [7, 11) is 1.34. The fourth-order valence-corrected chi connectivity index (χ4v) is 4.27. The summed E-state index contributed by atoms with van der Waals surface area (Å²) in [5.74, 6) is 0.147. The van der Waals surface area contributed by atoms with Crippen molar-refractivity contribution >= 4 is 28.5 Å². The molecule has 33 heavy (non-hydrogen) atoms. The van der Waals surface area contributed by atoms with Crippen molar-refractivity contribution in [3.8, 4) is 0 Å². The van der Waals surface area contributed by atoms with Crippen LogP contribution >= 0.6 is 0 Å². The summed E-state index contributed by atoms with van der Waals surface area (Å²) in [5.41, 5.74) is 3.03. The van der Waals surface area contributed by atoms with Gasteiger partial charge in [-0.3, -0.25) is 9.59 Å². The molecule has 0 unspecified atom stereocenters. The summed E-state index contributed by atoms with van der Waals surface area (Å²) in [5, 5.41) is 0. The first kappa shape index (κ1) is 21.1. The number of nitrogens with zero attached hydrogens (tertiary/aromatic N) is 3. The number of fused-ring (bicyclic) bond motifs is 1. The first-order valence-electron chi connectivity index (χ1n) is 10.9. The fourth-order valence-electron chi connectivity index (χ4n) is 4.27. The molecule has 0 radical (unpaired) electrons. The molecular formula is C24H24N4O5. The lowest BCUT2D eigenvalue weighted by Gasteiger charge is -2.29. The number of imidazole rings is 1. The summed E-state index contributed by atoms with van der Waals surface area (Å²) in [6.07, 6.45) is 4.77. The minimum Gasteiger partial charge on any atom is -0.465 e. The predicted octanol–water partition coefficient (Wildman–Crippen LogP) is 2.12. The van der Waals surface area contributed by atoms with E-state index in [9.17, 15) is 14.4 Å². The molecular weight excluding hydrogens is 424 g/mol. The van der Waals surface area contributed by atoms with Crippen LogP contribution in [0.2, 0.25) is 0 Å². The van der Waals surface area contributed by atoms with Crippen LogP contribution in [-0.4, -0.2) is 57.7 Å². The van der Waals surface area contributed by atoms with Crippen LogP contribution in [0, 0.1) is 0 Å². The van der Waals surface area contributed by atoms with E-state index in [1.807, 2.05) is 6.07 Å². The van der Waals surface area contributed by atoms with Crippen molar-refractivity contribution in [2.24, 2.45) is 0 Å². The van der Waals surface area contributed by atoms with Crippen molar-refractivity contribution in [1.82, 2.24) is 19.4 Å². The Labute approximate surface area is 189 Å². The number of aromatic nitrogens is 3. The van der Waals surface area contributed by atoms with Gasteiger partial charge in [0.15, 0.2) is 0 Å². The zero-order chi connectivity index (χ0) is 22.9. The van der Waals surface area contributed by atoms with E-state index in [1.54, 1.807) is 35.4 Å². The van der Waals surface area contributed by atoms with Crippen molar-refractivity contribution in [1.29, 1.82) is 0 Å². The maximum Gasteiger partial charge on any atom is 0.337 e. The third-order valence-electron chi connectivity index (χ3n) is 6.18. The Morgan fingerprint density at radius 2 is 2.15 bits per heavy atom. The second kappa shape index (κ2) is 8.67. The number of rotatable bonds is 6. The highest BCUT2D eigenvalue weighted by atomic mass is 16.5. The van der Waals surface area contributed by atoms with Gasteiger partial charge in [0.25, 0.3) is 5.56 Å². The molecule has 3 aromatic rings. The minimum absolute atomic E-state index is 0.106. The number of carbonyl (C=O) groups excluding carboxylic acids is 2. The Hall–Kier alpha value is -3.72. The lowest BCUT2D eigenvalue weighted by atomic mass is 10.0. The number of nitrogens with one attached hydrogen (secondary N) is 1. The molecule has 1 aromatic carbocycles. The molecule has 0 spiro atoms. The second-order valence-electron chi connectivity index (χ2n) is 8.21. The minimum atomic E-state index is -0.421. The van der Waals surface area contributed by atoms with Crippen LogP contribution in [-0.2, 0) is 27.4 Å². The van der Waals surface area contributed by atoms with Gasteiger partial charge < -0.3 is 23.9 Å². The SMILES string of the molecule is COC(=O)c1ccc2c(c1)nc(CN1CCC(c3ccc[nH]c3=O)=CC1=O)n2C[C@@H]1CCO1. The highest BCUT2D eigenvalue weighted by Gasteiger charge is 2.26. The third-order valence-corrected chi connectivity index (χ3v) is 6.18. The molecule has 1 N–H and O–H groups in total.